The summed E-state index contributed by atoms with van der Waals surface area (Å²) in [4.78, 5) is 25.5. The molecule has 2 aromatic rings. The van der Waals surface area contributed by atoms with Crippen molar-refractivity contribution in [3.05, 3.63) is 24.3 Å². The Morgan fingerprint density at radius 3 is 2.87 bits per heavy atom. The van der Waals surface area contributed by atoms with Crippen LogP contribution in [0.3, 0.4) is 0 Å². The van der Waals surface area contributed by atoms with E-state index in [-0.39, 0.29) is 17.1 Å². The molecule has 1 atom stereocenters. The van der Waals surface area contributed by atoms with E-state index in [1.54, 1.807) is 6.07 Å². The molecule has 2 heterocycles. The summed E-state index contributed by atoms with van der Waals surface area (Å²) >= 11 is 2.26. The Hall–Kier alpha value is -2.34. The summed E-state index contributed by atoms with van der Waals surface area (Å²) in [5.74, 6) is -1.82. The SMILES string of the molecule is CCCCNc1nnc(SCC(=O)N2c3ccccc3NC(=O)CC2C(F)(F)F)s1. The summed E-state index contributed by atoms with van der Waals surface area (Å²) < 4.78 is 41.6. The van der Waals surface area contributed by atoms with Crippen LogP contribution in [0.15, 0.2) is 28.6 Å². The van der Waals surface area contributed by atoms with Crippen LogP contribution < -0.4 is 15.5 Å². The Bertz CT molecular complexity index is 906. The van der Waals surface area contributed by atoms with Crippen molar-refractivity contribution in [3.8, 4) is 0 Å². The molecule has 1 aromatic heterocycles. The van der Waals surface area contributed by atoms with Crippen LogP contribution in [0.1, 0.15) is 26.2 Å². The standard InChI is InChI=1S/C18H20F3N5O2S2/c1-2-3-8-22-16-24-25-17(30-16)29-10-15(28)26-12-7-5-4-6-11(12)23-14(27)9-13(26)18(19,20)21/h4-7,13H,2-3,8-10H2,1H3,(H,22,24)(H,23,27). The molecular formula is C18H20F3N5O2S2. The van der Waals surface area contributed by atoms with Crippen LogP contribution in [0.4, 0.5) is 29.7 Å². The normalized spacial score (nSPS) is 16.6. The Balaban J connectivity index is 1.77. The summed E-state index contributed by atoms with van der Waals surface area (Å²) in [5.41, 5.74) is 0.196. The maximum absolute atomic E-state index is 13.7. The van der Waals surface area contributed by atoms with Crippen molar-refractivity contribution in [3.63, 3.8) is 0 Å². The fraction of sp³-hybridized carbons (Fsp3) is 0.444. The summed E-state index contributed by atoms with van der Waals surface area (Å²) in [5, 5.41) is 14.1. The Labute approximate surface area is 179 Å². The monoisotopic (exact) mass is 459 g/mol. The topological polar surface area (TPSA) is 87.2 Å². The highest BCUT2D eigenvalue weighted by Crippen LogP contribution is 2.38. The van der Waals surface area contributed by atoms with Crippen molar-refractivity contribution >= 4 is 51.4 Å². The zero-order valence-electron chi connectivity index (χ0n) is 16.0. The fourth-order valence-corrected chi connectivity index (χ4v) is 4.54. The van der Waals surface area contributed by atoms with Gasteiger partial charge in [0.2, 0.25) is 16.9 Å². The molecule has 162 valence electrons. The van der Waals surface area contributed by atoms with Crippen LogP contribution in [0, 0.1) is 0 Å². The van der Waals surface area contributed by atoms with Gasteiger partial charge in [-0.2, -0.15) is 13.2 Å². The molecule has 2 amide bonds. The first-order chi connectivity index (χ1) is 14.3. The van der Waals surface area contributed by atoms with Crippen LogP contribution >= 0.6 is 23.1 Å². The third kappa shape index (κ3) is 5.42. The second-order valence-electron chi connectivity index (χ2n) is 6.53. The first-order valence-corrected chi connectivity index (χ1v) is 11.1. The molecule has 1 unspecified atom stereocenters. The highest BCUT2D eigenvalue weighted by atomic mass is 32.2. The number of anilines is 3. The molecule has 0 fully saturated rings. The number of rotatable bonds is 7. The van der Waals surface area contributed by atoms with Crippen LogP contribution in [0.5, 0.6) is 0 Å². The zero-order chi connectivity index (χ0) is 21.7. The minimum Gasteiger partial charge on any atom is -0.360 e. The third-order valence-corrected chi connectivity index (χ3v) is 6.31. The predicted molar refractivity (Wildman–Crippen MR) is 111 cm³/mol. The van der Waals surface area contributed by atoms with Gasteiger partial charge in [-0.25, -0.2) is 0 Å². The minimum absolute atomic E-state index is 0.0236. The van der Waals surface area contributed by atoms with Gasteiger partial charge in [0.25, 0.3) is 0 Å². The van der Waals surface area contributed by atoms with E-state index in [9.17, 15) is 22.8 Å². The van der Waals surface area contributed by atoms with E-state index in [1.807, 2.05) is 0 Å². The van der Waals surface area contributed by atoms with E-state index in [1.165, 1.54) is 29.5 Å². The summed E-state index contributed by atoms with van der Waals surface area (Å²) in [7, 11) is 0. The van der Waals surface area contributed by atoms with Gasteiger partial charge in [0.1, 0.15) is 6.04 Å². The van der Waals surface area contributed by atoms with Gasteiger partial charge in [0.15, 0.2) is 4.34 Å². The number of hydrogen-bond donors (Lipinski definition) is 2. The second-order valence-corrected chi connectivity index (χ2v) is 8.73. The smallest absolute Gasteiger partial charge is 0.360 e. The Morgan fingerprint density at radius 1 is 1.37 bits per heavy atom. The lowest BCUT2D eigenvalue weighted by Gasteiger charge is -2.31. The molecule has 30 heavy (non-hydrogen) atoms. The molecule has 0 aliphatic carbocycles. The van der Waals surface area contributed by atoms with Gasteiger partial charge < -0.3 is 10.6 Å². The van der Waals surface area contributed by atoms with Gasteiger partial charge in [0.05, 0.1) is 23.5 Å². The quantitative estimate of drug-likeness (QED) is 0.478. The maximum atomic E-state index is 13.7. The number of amides is 2. The molecule has 7 nitrogen and oxygen atoms in total. The average molecular weight is 460 g/mol. The summed E-state index contributed by atoms with van der Waals surface area (Å²) in [6, 6.07) is 3.73. The summed E-state index contributed by atoms with van der Waals surface area (Å²) in [6.07, 6.45) is -3.62. The van der Waals surface area contributed by atoms with Crippen LogP contribution in [-0.4, -0.2) is 46.5 Å². The van der Waals surface area contributed by atoms with E-state index in [0.717, 1.165) is 31.1 Å². The number of nitrogens with one attached hydrogen (secondary N) is 2. The molecule has 0 saturated heterocycles. The van der Waals surface area contributed by atoms with E-state index in [4.69, 9.17) is 0 Å². The number of hydrogen-bond acceptors (Lipinski definition) is 7. The molecule has 0 radical (unpaired) electrons. The lowest BCUT2D eigenvalue weighted by molar-refractivity contribution is -0.157. The number of para-hydroxylation sites is 2. The van der Waals surface area contributed by atoms with Crippen molar-refractivity contribution in [2.45, 2.75) is 42.7 Å². The predicted octanol–water partition coefficient (Wildman–Crippen LogP) is 4.15. The van der Waals surface area contributed by atoms with E-state index in [0.29, 0.717) is 14.4 Å². The number of carbonyl (C=O) groups excluding carboxylic acids is 2. The molecular weight excluding hydrogens is 439 g/mol. The van der Waals surface area contributed by atoms with Gasteiger partial charge in [-0.3, -0.25) is 14.5 Å². The number of fused-ring (bicyclic) bond motifs is 1. The average Bonchev–Trinajstić information content (AvgIpc) is 3.07. The molecule has 2 N–H and O–H groups in total. The molecule has 1 aliphatic heterocycles. The van der Waals surface area contributed by atoms with Crippen LogP contribution in [0.2, 0.25) is 0 Å². The van der Waals surface area contributed by atoms with Gasteiger partial charge in [-0.05, 0) is 18.6 Å². The van der Waals surface area contributed by atoms with Crippen molar-refractivity contribution < 1.29 is 22.8 Å². The molecule has 0 spiro atoms. The molecule has 0 saturated carbocycles. The van der Waals surface area contributed by atoms with E-state index in [2.05, 4.69) is 27.8 Å². The number of halogens is 3. The lowest BCUT2D eigenvalue weighted by atomic mass is 10.1. The maximum Gasteiger partial charge on any atom is 0.409 e. The van der Waals surface area contributed by atoms with E-state index >= 15 is 0 Å². The largest absolute Gasteiger partial charge is 0.409 e. The number of nitrogens with zero attached hydrogens (tertiary/aromatic N) is 3. The van der Waals surface area contributed by atoms with Crippen molar-refractivity contribution in [1.29, 1.82) is 0 Å². The second kappa shape index (κ2) is 9.65. The van der Waals surface area contributed by atoms with Crippen LogP contribution in [0.25, 0.3) is 0 Å². The molecule has 3 rings (SSSR count). The van der Waals surface area contributed by atoms with Gasteiger partial charge in [-0.15, -0.1) is 10.2 Å². The van der Waals surface area contributed by atoms with Crippen LogP contribution in [-0.2, 0) is 9.59 Å². The van der Waals surface area contributed by atoms with Gasteiger partial charge in [-0.1, -0.05) is 48.6 Å². The van der Waals surface area contributed by atoms with Crippen molar-refractivity contribution in [2.75, 3.05) is 27.8 Å². The zero-order valence-corrected chi connectivity index (χ0v) is 17.7. The first-order valence-electron chi connectivity index (χ1n) is 9.27. The number of aromatic nitrogens is 2. The number of unbranched alkanes of at least 4 members (excludes halogenated alkanes) is 1. The molecule has 0 bridgehead atoms. The van der Waals surface area contributed by atoms with E-state index < -0.39 is 30.5 Å². The number of alkyl halides is 3. The van der Waals surface area contributed by atoms with Gasteiger partial charge in [0, 0.05) is 6.54 Å². The first kappa shape index (κ1) is 22.3. The van der Waals surface area contributed by atoms with Gasteiger partial charge >= 0.3 is 6.18 Å². The third-order valence-electron chi connectivity index (χ3n) is 4.31. The minimum atomic E-state index is -4.76. The van der Waals surface area contributed by atoms with Crippen molar-refractivity contribution in [2.24, 2.45) is 0 Å². The number of benzene rings is 1. The Kier molecular flexibility index (Phi) is 7.19. The lowest BCUT2D eigenvalue weighted by Crippen LogP contribution is -2.50. The highest BCUT2D eigenvalue weighted by Gasteiger charge is 2.48. The number of thioether (sulfide) groups is 1. The number of carbonyl (C=O) groups is 2. The molecule has 1 aliphatic rings. The van der Waals surface area contributed by atoms with Crippen molar-refractivity contribution in [1.82, 2.24) is 10.2 Å². The molecule has 12 heteroatoms. The fourth-order valence-electron chi connectivity index (χ4n) is 2.90. The summed E-state index contributed by atoms with van der Waals surface area (Å²) in [6.45, 7) is 2.81. The highest BCUT2D eigenvalue weighted by molar-refractivity contribution is 8.01. The molecule has 1 aromatic carbocycles. The Morgan fingerprint density at radius 2 is 2.13 bits per heavy atom.